The highest BCUT2D eigenvalue weighted by Crippen LogP contribution is 2.28. The highest BCUT2D eigenvalue weighted by molar-refractivity contribution is 7.18. The molecule has 0 fully saturated rings. The molecule has 3 aromatic rings. The Morgan fingerprint density at radius 2 is 1.85 bits per heavy atom. The number of thiophene rings is 1. The van der Waals surface area contributed by atoms with Crippen molar-refractivity contribution in [2.75, 3.05) is 33.9 Å². The number of hydrogen-bond acceptors (Lipinski definition) is 7. The van der Waals surface area contributed by atoms with Gasteiger partial charge in [0.2, 0.25) is 5.91 Å². The van der Waals surface area contributed by atoms with Crippen LogP contribution in [-0.4, -0.2) is 54.2 Å². The fourth-order valence-corrected chi connectivity index (χ4v) is 4.92. The van der Waals surface area contributed by atoms with E-state index in [0.717, 1.165) is 33.9 Å². The molecule has 0 aliphatic heterocycles. The summed E-state index contributed by atoms with van der Waals surface area (Å²) in [6.07, 6.45) is 0.632. The van der Waals surface area contributed by atoms with Gasteiger partial charge in [0.25, 0.3) is 5.56 Å². The van der Waals surface area contributed by atoms with E-state index in [1.54, 1.807) is 14.2 Å². The lowest BCUT2D eigenvalue weighted by molar-refractivity contribution is -0.121. The summed E-state index contributed by atoms with van der Waals surface area (Å²) in [4.78, 5) is 35.0. The van der Waals surface area contributed by atoms with Gasteiger partial charge >= 0.3 is 0 Å². The third-order valence-corrected chi connectivity index (χ3v) is 7.21. The van der Waals surface area contributed by atoms with Gasteiger partial charge in [0.05, 0.1) is 26.2 Å². The van der Waals surface area contributed by atoms with Gasteiger partial charge in [0.1, 0.15) is 17.2 Å². The highest BCUT2D eigenvalue weighted by atomic mass is 32.1. The number of ether oxygens (including phenoxy) is 2. The number of hydrogen-bond donors (Lipinski definition) is 1. The van der Waals surface area contributed by atoms with Crippen molar-refractivity contribution in [1.82, 2.24) is 19.8 Å². The van der Waals surface area contributed by atoms with E-state index >= 15 is 0 Å². The van der Waals surface area contributed by atoms with Crippen molar-refractivity contribution in [1.29, 1.82) is 0 Å². The van der Waals surface area contributed by atoms with Crippen LogP contribution in [0.25, 0.3) is 10.2 Å². The van der Waals surface area contributed by atoms with E-state index < -0.39 is 0 Å². The predicted octanol–water partition coefficient (Wildman–Crippen LogP) is 3.29. The summed E-state index contributed by atoms with van der Waals surface area (Å²) in [7, 11) is 3.19. The van der Waals surface area contributed by atoms with E-state index in [2.05, 4.69) is 24.1 Å². The van der Waals surface area contributed by atoms with Crippen LogP contribution in [0, 0.1) is 13.8 Å². The molecule has 0 spiro atoms. The molecule has 34 heavy (non-hydrogen) atoms. The molecule has 1 amide bonds. The lowest BCUT2D eigenvalue weighted by atomic mass is 10.1. The van der Waals surface area contributed by atoms with Gasteiger partial charge in [-0.05, 0) is 56.6 Å². The Bertz CT molecular complexity index is 1210. The minimum absolute atomic E-state index is 0.0569. The van der Waals surface area contributed by atoms with Gasteiger partial charge in [-0.15, -0.1) is 11.3 Å². The third kappa shape index (κ3) is 5.59. The number of aromatic nitrogens is 2. The lowest BCUT2D eigenvalue weighted by Gasteiger charge is -2.20. The van der Waals surface area contributed by atoms with Crippen molar-refractivity contribution < 1.29 is 14.3 Å². The Hall–Kier alpha value is -2.91. The average molecular weight is 487 g/mol. The average Bonchev–Trinajstić information content (AvgIpc) is 3.12. The molecule has 3 rings (SSSR count). The Labute approximate surface area is 204 Å². The van der Waals surface area contributed by atoms with E-state index in [1.807, 2.05) is 32.0 Å². The molecule has 9 heteroatoms. The normalized spacial score (nSPS) is 11.3. The van der Waals surface area contributed by atoms with Crippen LogP contribution in [0.3, 0.4) is 0 Å². The van der Waals surface area contributed by atoms with Crippen molar-refractivity contribution in [2.45, 2.75) is 47.2 Å². The molecule has 0 aliphatic carbocycles. The molecule has 0 radical (unpaired) electrons. The van der Waals surface area contributed by atoms with Gasteiger partial charge in [0, 0.05) is 11.4 Å². The second-order valence-corrected chi connectivity index (χ2v) is 9.34. The highest BCUT2D eigenvalue weighted by Gasteiger charge is 2.19. The predicted molar refractivity (Wildman–Crippen MR) is 136 cm³/mol. The molecule has 0 saturated heterocycles. The first kappa shape index (κ1) is 25.7. The Morgan fingerprint density at radius 1 is 1.15 bits per heavy atom. The number of methoxy groups -OCH3 is 2. The van der Waals surface area contributed by atoms with E-state index in [4.69, 9.17) is 14.5 Å². The first-order chi connectivity index (χ1) is 16.3. The van der Waals surface area contributed by atoms with Crippen molar-refractivity contribution in [3.8, 4) is 11.5 Å². The Balaban J connectivity index is 1.78. The van der Waals surface area contributed by atoms with E-state index in [9.17, 15) is 9.59 Å². The number of rotatable bonds is 11. The fraction of sp³-hybridized carbons (Fsp3) is 0.480. The summed E-state index contributed by atoms with van der Waals surface area (Å²) in [5, 5.41) is 3.55. The maximum atomic E-state index is 13.4. The SMILES string of the molecule is CCN(CC)Cc1nc2sc(C)c(C)c2c(=O)n1CC(=O)NCCc1ccc(OC)c(OC)c1. The van der Waals surface area contributed by atoms with Crippen LogP contribution in [0.4, 0.5) is 0 Å². The van der Waals surface area contributed by atoms with Crippen LogP contribution in [0.2, 0.25) is 0 Å². The molecule has 8 nitrogen and oxygen atoms in total. The molecule has 0 saturated carbocycles. The zero-order chi connectivity index (χ0) is 24.8. The Kier molecular flexibility index (Phi) is 8.68. The second-order valence-electron chi connectivity index (χ2n) is 8.13. The molecule has 0 atom stereocenters. The molecule has 2 heterocycles. The van der Waals surface area contributed by atoms with Gasteiger partial charge in [0.15, 0.2) is 11.5 Å². The molecular formula is C25H34N4O4S. The van der Waals surface area contributed by atoms with Crippen molar-refractivity contribution >= 4 is 27.5 Å². The van der Waals surface area contributed by atoms with Gasteiger partial charge < -0.3 is 14.8 Å². The number of fused-ring (bicyclic) bond motifs is 1. The molecule has 0 unspecified atom stereocenters. The smallest absolute Gasteiger partial charge is 0.263 e. The lowest BCUT2D eigenvalue weighted by Crippen LogP contribution is -2.37. The number of carbonyl (C=O) groups excluding carboxylic acids is 1. The number of benzene rings is 1. The summed E-state index contributed by atoms with van der Waals surface area (Å²) in [5.74, 6) is 1.73. The van der Waals surface area contributed by atoms with Gasteiger partial charge in [-0.3, -0.25) is 19.1 Å². The van der Waals surface area contributed by atoms with Gasteiger partial charge in [-0.25, -0.2) is 4.98 Å². The van der Waals surface area contributed by atoms with E-state index in [1.165, 1.54) is 15.9 Å². The zero-order valence-corrected chi connectivity index (χ0v) is 21.7. The zero-order valence-electron chi connectivity index (χ0n) is 20.9. The van der Waals surface area contributed by atoms with Crippen LogP contribution in [0.5, 0.6) is 11.5 Å². The minimum Gasteiger partial charge on any atom is -0.493 e. The first-order valence-corrected chi connectivity index (χ1v) is 12.3. The molecule has 0 aliphatic rings. The van der Waals surface area contributed by atoms with Crippen LogP contribution in [-0.2, 0) is 24.3 Å². The molecule has 1 N–H and O–H groups in total. The molecule has 2 aromatic heterocycles. The maximum Gasteiger partial charge on any atom is 0.263 e. The van der Waals surface area contributed by atoms with Crippen LogP contribution < -0.4 is 20.3 Å². The van der Waals surface area contributed by atoms with E-state index in [0.29, 0.717) is 42.2 Å². The number of nitrogens with zero attached hydrogens (tertiary/aromatic N) is 3. The van der Waals surface area contributed by atoms with Crippen molar-refractivity contribution in [3.05, 3.63) is 50.4 Å². The first-order valence-electron chi connectivity index (χ1n) is 11.5. The number of nitrogens with one attached hydrogen (secondary N) is 1. The summed E-state index contributed by atoms with van der Waals surface area (Å²) in [6, 6.07) is 5.69. The number of amides is 1. The second kappa shape index (κ2) is 11.5. The molecular weight excluding hydrogens is 452 g/mol. The van der Waals surface area contributed by atoms with Gasteiger partial charge in [-0.1, -0.05) is 19.9 Å². The monoisotopic (exact) mass is 486 g/mol. The maximum absolute atomic E-state index is 13.4. The molecule has 1 aromatic carbocycles. The van der Waals surface area contributed by atoms with Crippen molar-refractivity contribution in [2.24, 2.45) is 0 Å². The Morgan fingerprint density at radius 3 is 2.50 bits per heavy atom. The number of aryl methyl sites for hydroxylation is 2. The summed E-state index contributed by atoms with van der Waals surface area (Å²) in [5.41, 5.74) is 1.81. The quantitative estimate of drug-likeness (QED) is 0.448. The van der Waals surface area contributed by atoms with Gasteiger partial charge in [-0.2, -0.15) is 0 Å². The standard InChI is InChI=1S/C25H34N4O4S/c1-7-28(8-2)14-21-27-24-23(16(3)17(4)34-24)25(31)29(21)15-22(30)26-12-11-18-9-10-19(32-5)20(13-18)33-6/h9-10,13H,7-8,11-12,14-15H2,1-6H3,(H,26,30). The summed E-state index contributed by atoms with van der Waals surface area (Å²) in [6.45, 7) is 10.7. The third-order valence-electron chi connectivity index (χ3n) is 6.11. The minimum atomic E-state index is -0.214. The van der Waals surface area contributed by atoms with E-state index in [-0.39, 0.29) is 18.0 Å². The topological polar surface area (TPSA) is 85.7 Å². The van der Waals surface area contributed by atoms with Crippen LogP contribution >= 0.6 is 11.3 Å². The van der Waals surface area contributed by atoms with Crippen LogP contribution in [0.15, 0.2) is 23.0 Å². The van der Waals surface area contributed by atoms with Crippen LogP contribution in [0.1, 0.15) is 35.7 Å². The largest absolute Gasteiger partial charge is 0.493 e. The number of carbonyl (C=O) groups is 1. The van der Waals surface area contributed by atoms with Crippen molar-refractivity contribution in [3.63, 3.8) is 0 Å². The summed E-state index contributed by atoms with van der Waals surface area (Å²) >= 11 is 1.53. The molecule has 184 valence electrons. The molecule has 0 bridgehead atoms. The summed E-state index contributed by atoms with van der Waals surface area (Å²) < 4.78 is 12.1. The fourth-order valence-electron chi connectivity index (χ4n) is 3.88.